The molecule has 0 aliphatic heterocycles. The molecule has 0 fully saturated rings. The third-order valence-corrected chi connectivity index (χ3v) is 1.76. The number of amides is 1. The number of carbonyl (C=O) groups excluding carboxylic acids is 1. The normalized spacial score (nSPS) is 10.1. The van der Waals surface area contributed by atoms with Crippen LogP contribution in [0.4, 0.5) is 0 Å². The van der Waals surface area contributed by atoms with Crippen molar-refractivity contribution in [1.82, 2.24) is 14.9 Å². The van der Waals surface area contributed by atoms with Crippen molar-refractivity contribution in [2.24, 2.45) is 0 Å². The summed E-state index contributed by atoms with van der Waals surface area (Å²) in [4.78, 5) is 19.4. The number of nitrogens with one attached hydrogen (secondary N) is 1. The number of carbonyl (C=O) groups is 1. The lowest BCUT2D eigenvalue weighted by Crippen LogP contribution is -2.36. The first-order valence-corrected chi connectivity index (χ1v) is 4.29. The predicted octanol–water partition coefficient (Wildman–Crippen LogP) is -1.16. The van der Waals surface area contributed by atoms with Crippen LogP contribution >= 0.6 is 0 Å². The van der Waals surface area contributed by atoms with Crippen LogP contribution in [-0.2, 0) is 0 Å². The number of aromatic amines is 1. The molecule has 14 heavy (non-hydrogen) atoms. The zero-order valence-corrected chi connectivity index (χ0v) is 7.68. The van der Waals surface area contributed by atoms with Gasteiger partial charge in [-0.1, -0.05) is 0 Å². The number of nitrogens with zero attached hydrogens (tertiary/aromatic N) is 2. The van der Waals surface area contributed by atoms with Crippen molar-refractivity contribution >= 4 is 5.91 Å². The SMILES string of the molecule is O=C(c1cnc[nH]1)N(CCO)CCO. The van der Waals surface area contributed by atoms with Crippen molar-refractivity contribution in [1.29, 1.82) is 0 Å². The average molecular weight is 199 g/mol. The zero-order valence-electron chi connectivity index (χ0n) is 7.68. The van der Waals surface area contributed by atoms with Crippen LogP contribution in [0.5, 0.6) is 0 Å². The summed E-state index contributed by atoms with van der Waals surface area (Å²) in [6.07, 6.45) is 2.81. The summed E-state index contributed by atoms with van der Waals surface area (Å²) in [5, 5.41) is 17.4. The molecular weight excluding hydrogens is 186 g/mol. The summed E-state index contributed by atoms with van der Waals surface area (Å²) < 4.78 is 0. The Morgan fingerprint density at radius 2 is 2.07 bits per heavy atom. The maximum Gasteiger partial charge on any atom is 0.272 e. The van der Waals surface area contributed by atoms with Gasteiger partial charge in [-0.25, -0.2) is 4.98 Å². The largest absolute Gasteiger partial charge is 0.395 e. The first-order valence-electron chi connectivity index (χ1n) is 4.29. The number of aliphatic hydroxyl groups excluding tert-OH is 2. The van der Waals surface area contributed by atoms with E-state index in [0.29, 0.717) is 5.69 Å². The van der Waals surface area contributed by atoms with Crippen LogP contribution in [0.2, 0.25) is 0 Å². The van der Waals surface area contributed by atoms with Crippen molar-refractivity contribution in [3.05, 3.63) is 18.2 Å². The Kier molecular flexibility index (Phi) is 4.09. The third-order valence-electron chi connectivity index (χ3n) is 1.76. The topological polar surface area (TPSA) is 89.5 Å². The zero-order chi connectivity index (χ0) is 10.4. The van der Waals surface area contributed by atoms with Gasteiger partial charge in [-0.2, -0.15) is 0 Å². The fourth-order valence-electron chi connectivity index (χ4n) is 1.10. The number of hydrogen-bond donors (Lipinski definition) is 3. The Morgan fingerprint density at radius 3 is 2.50 bits per heavy atom. The minimum absolute atomic E-state index is 0.125. The molecule has 78 valence electrons. The molecule has 0 saturated carbocycles. The van der Waals surface area contributed by atoms with Crippen LogP contribution in [-0.4, -0.2) is 57.3 Å². The molecule has 0 saturated heterocycles. The smallest absolute Gasteiger partial charge is 0.272 e. The van der Waals surface area contributed by atoms with Gasteiger partial charge in [-0.05, 0) is 0 Å². The Morgan fingerprint density at radius 1 is 1.43 bits per heavy atom. The standard InChI is InChI=1S/C8H13N3O3/c12-3-1-11(2-4-13)8(14)7-5-9-6-10-7/h5-6,12-13H,1-4H2,(H,9,10). The molecule has 1 aromatic rings. The Bertz CT molecular complexity index is 267. The molecule has 0 unspecified atom stereocenters. The van der Waals surface area contributed by atoms with Crippen LogP contribution in [0, 0.1) is 0 Å². The number of H-pyrrole nitrogens is 1. The fraction of sp³-hybridized carbons (Fsp3) is 0.500. The van der Waals surface area contributed by atoms with Crippen LogP contribution in [0.25, 0.3) is 0 Å². The van der Waals surface area contributed by atoms with Gasteiger partial charge >= 0.3 is 0 Å². The molecule has 3 N–H and O–H groups in total. The van der Waals surface area contributed by atoms with Gasteiger partial charge in [0.1, 0.15) is 5.69 Å². The van der Waals surface area contributed by atoms with E-state index in [1.165, 1.54) is 17.4 Å². The molecule has 1 rings (SSSR count). The van der Waals surface area contributed by atoms with Gasteiger partial charge in [0.25, 0.3) is 5.91 Å². The maximum absolute atomic E-state index is 11.6. The van der Waals surface area contributed by atoms with E-state index in [4.69, 9.17) is 10.2 Å². The minimum Gasteiger partial charge on any atom is -0.395 e. The lowest BCUT2D eigenvalue weighted by molar-refractivity contribution is 0.0679. The monoisotopic (exact) mass is 199 g/mol. The first kappa shape index (κ1) is 10.7. The number of imidazole rings is 1. The van der Waals surface area contributed by atoms with Gasteiger partial charge in [0.05, 0.1) is 25.7 Å². The first-order chi connectivity index (χ1) is 6.79. The molecule has 0 spiro atoms. The Balaban J connectivity index is 2.63. The number of rotatable bonds is 5. The fourth-order valence-corrected chi connectivity index (χ4v) is 1.10. The van der Waals surface area contributed by atoms with Crippen molar-refractivity contribution in [3.8, 4) is 0 Å². The van der Waals surface area contributed by atoms with Crippen molar-refractivity contribution in [2.45, 2.75) is 0 Å². The Hall–Kier alpha value is -1.40. The molecule has 1 amide bonds. The maximum atomic E-state index is 11.6. The van der Waals surface area contributed by atoms with Crippen molar-refractivity contribution in [3.63, 3.8) is 0 Å². The van der Waals surface area contributed by atoms with Gasteiger partial charge in [0.15, 0.2) is 0 Å². The van der Waals surface area contributed by atoms with E-state index in [0.717, 1.165) is 0 Å². The lowest BCUT2D eigenvalue weighted by atomic mass is 10.3. The second kappa shape index (κ2) is 5.36. The van der Waals surface area contributed by atoms with Gasteiger partial charge in [0, 0.05) is 13.1 Å². The van der Waals surface area contributed by atoms with E-state index in [-0.39, 0.29) is 32.2 Å². The molecule has 0 radical (unpaired) electrons. The molecule has 0 aromatic carbocycles. The van der Waals surface area contributed by atoms with Crippen LogP contribution < -0.4 is 0 Å². The van der Waals surface area contributed by atoms with Crippen molar-refractivity contribution in [2.75, 3.05) is 26.3 Å². The highest BCUT2D eigenvalue weighted by Crippen LogP contribution is 1.99. The second-order valence-electron chi connectivity index (χ2n) is 2.70. The van der Waals surface area contributed by atoms with Crippen LogP contribution in [0.1, 0.15) is 10.5 Å². The molecule has 6 nitrogen and oxygen atoms in total. The molecule has 6 heteroatoms. The van der Waals surface area contributed by atoms with E-state index < -0.39 is 0 Å². The van der Waals surface area contributed by atoms with E-state index in [1.807, 2.05) is 0 Å². The van der Waals surface area contributed by atoms with Gasteiger partial charge < -0.3 is 20.1 Å². The molecule has 0 aliphatic carbocycles. The summed E-state index contributed by atoms with van der Waals surface area (Å²) in [7, 11) is 0. The van der Waals surface area contributed by atoms with Gasteiger partial charge in [-0.3, -0.25) is 4.79 Å². The summed E-state index contributed by atoms with van der Waals surface area (Å²) in [5.74, 6) is -0.273. The van der Waals surface area contributed by atoms with E-state index in [2.05, 4.69) is 9.97 Å². The number of aliphatic hydroxyl groups is 2. The molecule has 1 aromatic heterocycles. The van der Waals surface area contributed by atoms with Gasteiger partial charge in [-0.15, -0.1) is 0 Å². The molecule has 1 heterocycles. The molecular formula is C8H13N3O3. The average Bonchev–Trinajstić information content (AvgIpc) is 2.69. The van der Waals surface area contributed by atoms with E-state index >= 15 is 0 Å². The van der Waals surface area contributed by atoms with Crippen LogP contribution in [0.3, 0.4) is 0 Å². The summed E-state index contributed by atoms with van der Waals surface area (Å²) >= 11 is 0. The quantitative estimate of drug-likeness (QED) is 0.558. The second-order valence-corrected chi connectivity index (χ2v) is 2.70. The third kappa shape index (κ3) is 2.54. The van der Waals surface area contributed by atoms with E-state index in [9.17, 15) is 4.79 Å². The molecule has 0 aliphatic rings. The highest BCUT2D eigenvalue weighted by Gasteiger charge is 2.15. The predicted molar refractivity (Wildman–Crippen MR) is 48.7 cm³/mol. The lowest BCUT2D eigenvalue weighted by Gasteiger charge is -2.19. The highest BCUT2D eigenvalue weighted by atomic mass is 16.3. The summed E-state index contributed by atoms with van der Waals surface area (Å²) in [6.45, 7) is 0.163. The van der Waals surface area contributed by atoms with Gasteiger partial charge in [0.2, 0.25) is 0 Å². The molecule has 0 atom stereocenters. The van der Waals surface area contributed by atoms with Crippen LogP contribution in [0.15, 0.2) is 12.5 Å². The number of aromatic nitrogens is 2. The summed E-state index contributed by atoms with van der Waals surface area (Å²) in [6, 6.07) is 0. The summed E-state index contributed by atoms with van der Waals surface area (Å²) in [5.41, 5.74) is 0.354. The minimum atomic E-state index is -0.273. The number of hydrogen-bond acceptors (Lipinski definition) is 4. The van der Waals surface area contributed by atoms with E-state index in [1.54, 1.807) is 0 Å². The molecule has 0 bridgehead atoms. The highest BCUT2D eigenvalue weighted by molar-refractivity contribution is 5.92. The van der Waals surface area contributed by atoms with Crippen molar-refractivity contribution < 1.29 is 15.0 Å². The Labute approximate surface area is 81.2 Å².